The lowest BCUT2D eigenvalue weighted by Crippen LogP contribution is -2.11. The zero-order chi connectivity index (χ0) is 8.99. The van der Waals surface area contributed by atoms with Gasteiger partial charge in [-0.1, -0.05) is 0 Å². The molecule has 2 N–H and O–H groups in total. The zero-order valence-corrected chi connectivity index (χ0v) is 5.91. The lowest BCUT2D eigenvalue weighted by Gasteiger charge is -1.89. The van der Waals surface area contributed by atoms with E-state index < -0.39 is 6.09 Å². The number of carbonyl (C=O) groups is 1. The molecule has 0 spiro atoms. The highest BCUT2D eigenvalue weighted by Crippen LogP contribution is 1.66. The molecule has 3 nitrogen and oxygen atoms in total. The van der Waals surface area contributed by atoms with E-state index in [4.69, 9.17) is 0 Å². The Hall–Kier alpha value is -1.61. The van der Waals surface area contributed by atoms with E-state index >= 15 is 0 Å². The molecule has 56 valence electrons. The van der Waals surface area contributed by atoms with E-state index in [1.54, 1.807) is 6.92 Å². The summed E-state index contributed by atoms with van der Waals surface area (Å²) in [5.41, 5.74) is 4.54. The first-order chi connectivity index (χ1) is 4.77. The molecule has 0 aliphatic carbocycles. The van der Waals surface area contributed by atoms with E-state index in [-0.39, 0.29) is 0 Å². The van der Waals surface area contributed by atoms with Crippen LogP contribution in [0.4, 0.5) is 4.79 Å². The first kappa shape index (κ1) is 15.8. The van der Waals surface area contributed by atoms with Gasteiger partial charge in [0.15, 0.2) is 0 Å². The van der Waals surface area contributed by atoms with E-state index in [1.807, 2.05) is 0 Å². The van der Waals surface area contributed by atoms with Crippen molar-refractivity contribution in [3.05, 3.63) is 0 Å². The van der Waals surface area contributed by atoms with Crippen molar-refractivity contribution in [1.82, 2.24) is 0 Å². The molecule has 3 heteroatoms. The van der Waals surface area contributed by atoms with Gasteiger partial charge >= 0.3 is 6.09 Å². The Morgan fingerprint density at radius 2 is 1.70 bits per heavy atom. The summed E-state index contributed by atoms with van der Waals surface area (Å²) in [5.74, 6) is 0. The SMILES string of the molecule is C#C.C#C.CCOC(N)=O. The molecule has 0 aromatic rings. The van der Waals surface area contributed by atoms with Crippen molar-refractivity contribution < 1.29 is 9.53 Å². The van der Waals surface area contributed by atoms with Crippen molar-refractivity contribution in [3.63, 3.8) is 0 Å². The highest BCUT2D eigenvalue weighted by molar-refractivity contribution is 5.64. The van der Waals surface area contributed by atoms with Crippen molar-refractivity contribution in [2.75, 3.05) is 6.61 Å². The van der Waals surface area contributed by atoms with E-state index in [0.717, 1.165) is 0 Å². The van der Waals surface area contributed by atoms with Crippen LogP contribution >= 0.6 is 0 Å². The van der Waals surface area contributed by atoms with Crippen LogP contribution in [-0.4, -0.2) is 12.7 Å². The molecule has 0 heterocycles. The van der Waals surface area contributed by atoms with Gasteiger partial charge in [0.2, 0.25) is 0 Å². The minimum atomic E-state index is -0.711. The lowest BCUT2D eigenvalue weighted by atomic mass is 10.9. The molecule has 0 rings (SSSR count). The van der Waals surface area contributed by atoms with Crippen LogP contribution in [0.2, 0.25) is 0 Å². The molecule has 0 bridgehead atoms. The Morgan fingerprint density at radius 1 is 1.40 bits per heavy atom. The summed E-state index contributed by atoms with van der Waals surface area (Å²) in [7, 11) is 0. The van der Waals surface area contributed by atoms with Gasteiger partial charge in [-0.2, -0.15) is 0 Å². The second-order valence-corrected chi connectivity index (χ2v) is 0.752. The third kappa shape index (κ3) is 96.1. The van der Waals surface area contributed by atoms with Crippen LogP contribution in [0.1, 0.15) is 6.92 Å². The standard InChI is InChI=1S/C3H7NO2.2C2H2/c1-2-6-3(4)5;2*1-2/h2H2,1H3,(H2,4,5);2*1-2H. The second-order valence-electron chi connectivity index (χ2n) is 0.752. The van der Waals surface area contributed by atoms with E-state index in [1.165, 1.54) is 0 Å². The molecule has 0 saturated heterocycles. The Labute approximate surface area is 61.6 Å². The number of primary amides is 1. The van der Waals surface area contributed by atoms with E-state index in [2.05, 4.69) is 36.2 Å². The van der Waals surface area contributed by atoms with Crippen molar-refractivity contribution in [3.8, 4) is 25.7 Å². The number of amides is 1. The molecule has 0 radical (unpaired) electrons. The predicted molar refractivity (Wildman–Crippen MR) is 41.0 cm³/mol. The fraction of sp³-hybridized carbons (Fsp3) is 0.286. The molecule has 0 atom stereocenters. The second kappa shape index (κ2) is 26.3. The van der Waals surface area contributed by atoms with Crippen LogP contribution in [0.5, 0.6) is 0 Å². The summed E-state index contributed by atoms with van der Waals surface area (Å²) in [4.78, 5) is 9.60. The van der Waals surface area contributed by atoms with Gasteiger partial charge in [-0.3, -0.25) is 0 Å². The first-order valence-electron chi connectivity index (χ1n) is 2.36. The number of ether oxygens (including phenoxy) is 1. The van der Waals surface area contributed by atoms with Gasteiger partial charge < -0.3 is 10.5 Å². The maximum Gasteiger partial charge on any atom is 0.404 e. The first-order valence-corrected chi connectivity index (χ1v) is 2.36. The van der Waals surface area contributed by atoms with Crippen LogP contribution < -0.4 is 5.73 Å². The minimum absolute atomic E-state index is 0.356. The molecule has 0 aliphatic heterocycles. The number of hydrogen-bond donors (Lipinski definition) is 1. The van der Waals surface area contributed by atoms with Crippen molar-refractivity contribution in [2.24, 2.45) is 5.73 Å². The maximum atomic E-state index is 9.60. The molecule has 0 aromatic carbocycles. The largest absolute Gasteiger partial charge is 0.450 e. The van der Waals surface area contributed by atoms with Gasteiger partial charge in [0.1, 0.15) is 0 Å². The van der Waals surface area contributed by atoms with Crippen LogP contribution in [0, 0.1) is 25.7 Å². The average molecular weight is 141 g/mol. The monoisotopic (exact) mass is 141 g/mol. The maximum absolute atomic E-state index is 9.60. The fourth-order valence-electron chi connectivity index (χ4n) is 0.142. The quantitative estimate of drug-likeness (QED) is 0.543. The van der Waals surface area contributed by atoms with E-state index in [9.17, 15) is 4.79 Å². The van der Waals surface area contributed by atoms with Crippen molar-refractivity contribution >= 4 is 6.09 Å². The predicted octanol–water partition coefficient (Wildman–Crippen LogP) is 0.600. The van der Waals surface area contributed by atoms with Crippen LogP contribution in [-0.2, 0) is 4.74 Å². The number of hydrogen-bond acceptors (Lipinski definition) is 2. The molecule has 0 unspecified atom stereocenters. The Kier molecular flexibility index (Phi) is 41.4. The van der Waals surface area contributed by atoms with Gasteiger partial charge in [0.25, 0.3) is 0 Å². The minimum Gasteiger partial charge on any atom is -0.450 e. The molecule has 1 amide bonds. The molecule has 0 fully saturated rings. The molecule has 10 heavy (non-hydrogen) atoms. The smallest absolute Gasteiger partial charge is 0.404 e. The molecular formula is C7H11NO2. The Bertz CT molecular complexity index is 98.7. The summed E-state index contributed by atoms with van der Waals surface area (Å²) in [6.07, 6.45) is 15.3. The summed E-state index contributed by atoms with van der Waals surface area (Å²) in [6, 6.07) is 0. The highest BCUT2D eigenvalue weighted by Gasteiger charge is 1.82. The average Bonchev–Trinajstić information content (AvgIpc) is 1.96. The normalized spacial score (nSPS) is 4.90. The zero-order valence-electron chi connectivity index (χ0n) is 5.91. The summed E-state index contributed by atoms with van der Waals surface area (Å²) in [5, 5.41) is 0. The summed E-state index contributed by atoms with van der Waals surface area (Å²) < 4.78 is 4.18. The highest BCUT2D eigenvalue weighted by atomic mass is 16.5. The van der Waals surface area contributed by atoms with Crippen molar-refractivity contribution in [2.45, 2.75) is 6.92 Å². The Balaban J connectivity index is -0.000000105. The van der Waals surface area contributed by atoms with Crippen molar-refractivity contribution in [1.29, 1.82) is 0 Å². The third-order valence-electron chi connectivity index (χ3n) is 0.287. The van der Waals surface area contributed by atoms with Gasteiger partial charge in [0, 0.05) is 0 Å². The fourth-order valence-corrected chi connectivity index (χ4v) is 0.142. The Morgan fingerprint density at radius 3 is 1.70 bits per heavy atom. The van der Waals surface area contributed by atoms with Crippen LogP contribution in [0.15, 0.2) is 0 Å². The number of rotatable bonds is 1. The lowest BCUT2D eigenvalue weighted by molar-refractivity contribution is 0.163. The molecular weight excluding hydrogens is 130 g/mol. The van der Waals surface area contributed by atoms with Crippen LogP contribution in [0.25, 0.3) is 0 Å². The number of terminal acetylenes is 2. The third-order valence-corrected chi connectivity index (χ3v) is 0.287. The summed E-state index contributed by atoms with van der Waals surface area (Å²) in [6.45, 7) is 2.06. The van der Waals surface area contributed by atoms with E-state index in [0.29, 0.717) is 6.61 Å². The summed E-state index contributed by atoms with van der Waals surface area (Å²) >= 11 is 0. The van der Waals surface area contributed by atoms with Gasteiger partial charge in [-0.25, -0.2) is 4.79 Å². The van der Waals surface area contributed by atoms with Gasteiger partial charge in [-0.05, 0) is 6.92 Å². The van der Waals surface area contributed by atoms with Crippen LogP contribution in [0.3, 0.4) is 0 Å². The number of nitrogens with two attached hydrogens (primary N) is 1. The topological polar surface area (TPSA) is 52.3 Å². The number of carbonyl (C=O) groups excluding carboxylic acids is 1. The molecule has 0 aromatic heterocycles. The molecule has 0 saturated carbocycles. The van der Waals surface area contributed by atoms with Gasteiger partial charge in [-0.15, -0.1) is 25.7 Å². The molecule has 0 aliphatic rings. The van der Waals surface area contributed by atoms with Gasteiger partial charge in [0.05, 0.1) is 6.61 Å².